The van der Waals surface area contributed by atoms with Crippen LogP contribution < -0.4 is 5.56 Å². The van der Waals surface area contributed by atoms with Crippen molar-refractivity contribution in [1.82, 2.24) is 9.66 Å². The Balaban J connectivity index is 2.13. The lowest BCUT2D eigenvalue weighted by molar-refractivity contribution is 0.771. The van der Waals surface area contributed by atoms with E-state index in [-0.39, 0.29) is 5.56 Å². The summed E-state index contributed by atoms with van der Waals surface area (Å²) >= 11 is 6.07. The molecule has 104 valence electrons. The number of fused-ring (bicyclic) bond motifs is 1. The standard InChI is InChI=1S/C16H12ClN3O/c1-11-19-15-9-5-3-7-13(15)16(21)20(11)18-10-12-6-2-4-8-14(12)17/h2-10H,1H3/b18-10+. The van der Waals surface area contributed by atoms with E-state index in [0.717, 1.165) is 5.56 Å². The second-order valence-corrected chi connectivity index (χ2v) is 4.97. The van der Waals surface area contributed by atoms with Gasteiger partial charge in [0.25, 0.3) is 5.56 Å². The molecule has 0 amide bonds. The van der Waals surface area contributed by atoms with E-state index in [2.05, 4.69) is 10.1 Å². The van der Waals surface area contributed by atoms with Gasteiger partial charge in [0.15, 0.2) is 0 Å². The van der Waals surface area contributed by atoms with Gasteiger partial charge in [-0.3, -0.25) is 4.79 Å². The third kappa shape index (κ3) is 2.58. The van der Waals surface area contributed by atoms with Gasteiger partial charge >= 0.3 is 0 Å². The number of hydrogen-bond donors (Lipinski definition) is 0. The molecule has 0 aliphatic rings. The fourth-order valence-corrected chi connectivity index (χ4v) is 2.25. The Kier molecular flexibility index (Phi) is 3.54. The summed E-state index contributed by atoms with van der Waals surface area (Å²) in [6.07, 6.45) is 1.56. The zero-order chi connectivity index (χ0) is 14.8. The van der Waals surface area contributed by atoms with E-state index in [1.165, 1.54) is 4.68 Å². The molecular weight excluding hydrogens is 286 g/mol. The molecule has 0 radical (unpaired) electrons. The van der Waals surface area contributed by atoms with Crippen molar-refractivity contribution >= 4 is 28.7 Å². The van der Waals surface area contributed by atoms with Crippen LogP contribution in [0.1, 0.15) is 11.4 Å². The molecule has 4 nitrogen and oxygen atoms in total. The SMILES string of the molecule is Cc1nc2ccccc2c(=O)n1/N=C/c1ccccc1Cl. The molecular formula is C16H12ClN3O. The topological polar surface area (TPSA) is 47.2 Å². The predicted molar refractivity (Wildman–Crippen MR) is 85.2 cm³/mol. The molecule has 2 aromatic carbocycles. The van der Waals surface area contributed by atoms with Gasteiger partial charge in [-0.25, -0.2) is 4.98 Å². The molecule has 0 aliphatic carbocycles. The van der Waals surface area contributed by atoms with Crippen molar-refractivity contribution in [3.63, 3.8) is 0 Å². The van der Waals surface area contributed by atoms with E-state index < -0.39 is 0 Å². The first-order chi connectivity index (χ1) is 10.2. The van der Waals surface area contributed by atoms with Gasteiger partial charge in [0, 0.05) is 10.6 Å². The molecule has 0 fully saturated rings. The summed E-state index contributed by atoms with van der Waals surface area (Å²) in [6, 6.07) is 14.5. The summed E-state index contributed by atoms with van der Waals surface area (Å²) in [6.45, 7) is 1.75. The third-order valence-corrected chi connectivity index (χ3v) is 3.48. The highest BCUT2D eigenvalue weighted by Crippen LogP contribution is 2.12. The van der Waals surface area contributed by atoms with Crippen molar-refractivity contribution in [1.29, 1.82) is 0 Å². The van der Waals surface area contributed by atoms with Crippen molar-refractivity contribution in [3.05, 3.63) is 75.3 Å². The van der Waals surface area contributed by atoms with Crippen LogP contribution >= 0.6 is 11.6 Å². The highest BCUT2D eigenvalue weighted by Gasteiger charge is 2.06. The molecule has 1 heterocycles. The van der Waals surface area contributed by atoms with E-state index in [4.69, 9.17) is 11.6 Å². The van der Waals surface area contributed by atoms with Crippen molar-refractivity contribution in [3.8, 4) is 0 Å². The zero-order valence-corrected chi connectivity index (χ0v) is 12.1. The van der Waals surface area contributed by atoms with Crippen LogP contribution in [0.15, 0.2) is 58.4 Å². The Morgan fingerprint density at radius 2 is 1.86 bits per heavy atom. The van der Waals surface area contributed by atoms with Crippen LogP contribution in [-0.4, -0.2) is 15.9 Å². The summed E-state index contributed by atoms with van der Waals surface area (Å²) in [4.78, 5) is 16.8. The predicted octanol–water partition coefficient (Wildman–Crippen LogP) is 3.24. The molecule has 3 rings (SSSR count). The average molecular weight is 298 g/mol. The molecule has 0 saturated heterocycles. The highest BCUT2D eigenvalue weighted by atomic mass is 35.5. The van der Waals surface area contributed by atoms with Crippen LogP contribution in [0.4, 0.5) is 0 Å². The maximum Gasteiger partial charge on any atom is 0.282 e. The van der Waals surface area contributed by atoms with Crippen molar-refractivity contribution in [2.45, 2.75) is 6.92 Å². The molecule has 21 heavy (non-hydrogen) atoms. The molecule has 0 bridgehead atoms. The molecule has 1 aromatic heterocycles. The Morgan fingerprint density at radius 1 is 1.14 bits per heavy atom. The van der Waals surface area contributed by atoms with E-state index in [1.54, 1.807) is 25.3 Å². The lowest BCUT2D eigenvalue weighted by Gasteiger charge is -2.05. The van der Waals surface area contributed by atoms with Crippen LogP contribution in [0.25, 0.3) is 10.9 Å². The molecule has 0 saturated carbocycles. The quantitative estimate of drug-likeness (QED) is 0.682. The van der Waals surface area contributed by atoms with Crippen LogP contribution in [0.2, 0.25) is 5.02 Å². The first-order valence-electron chi connectivity index (χ1n) is 6.44. The molecule has 3 aromatic rings. The second-order valence-electron chi connectivity index (χ2n) is 4.56. The molecule has 5 heteroatoms. The highest BCUT2D eigenvalue weighted by molar-refractivity contribution is 6.33. The first-order valence-corrected chi connectivity index (χ1v) is 6.82. The maximum atomic E-state index is 12.4. The van der Waals surface area contributed by atoms with Gasteiger partial charge in [0.05, 0.1) is 17.1 Å². The van der Waals surface area contributed by atoms with Crippen molar-refractivity contribution in [2.75, 3.05) is 0 Å². The number of rotatable bonds is 2. The Hall–Kier alpha value is -2.46. The summed E-state index contributed by atoms with van der Waals surface area (Å²) in [5.74, 6) is 0.530. The number of benzene rings is 2. The summed E-state index contributed by atoms with van der Waals surface area (Å²) < 4.78 is 1.28. The second kappa shape index (κ2) is 5.50. The smallest absolute Gasteiger partial charge is 0.267 e. The zero-order valence-electron chi connectivity index (χ0n) is 11.3. The van der Waals surface area contributed by atoms with E-state index >= 15 is 0 Å². The van der Waals surface area contributed by atoms with Gasteiger partial charge in [-0.15, -0.1) is 0 Å². The Morgan fingerprint density at radius 3 is 2.67 bits per heavy atom. The molecule has 0 unspecified atom stereocenters. The third-order valence-electron chi connectivity index (χ3n) is 3.13. The minimum Gasteiger partial charge on any atom is -0.267 e. The minimum absolute atomic E-state index is 0.193. The lowest BCUT2D eigenvalue weighted by atomic mass is 10.2. The van der Waals surface area contributed by atoms with Crippen LogP contribution in [0.5, 0.6) is 0 Å². The molecule has 0 aliphatic heterocycles. The maximum absolute atomic E-state index is 12.4. The van der Waals surface area contributed by atoms with Gasteiger partial charge in [-0.1, -0.05) is 41.9 Å². The van der Waals surface area contributed by atoms with Gasteiger partial charge in [-0.05, 0) is 25.1 Å². The normalized spacial score (nSPS) is 11.3. The number of nitrogens with zero attached hydrogens (tertiary/aromatic N) is 3. The molecule has 0 spiro atoms. The number of aryl methyl sites for hydroxylation is 1. The summed E-state index contributed by atoms with van der Waals surface area (Å²) in [7, 11) is 0. The largest absolute Gasteiger partial charge is 0.282 e. The van der Waals surface area contributed by atoms with Gasteiger partial charge < -0.3 is 0 Å². The van der Waals surface area contributed by atoms with Crippen molar-refractivity contribution < 1.29 is 0 Å². The van der Waals surface area contributed by atoms with Crippen LogP contribution in [0.3, 0.4) is 0 Å². The Bertz CT molecular complexity index is 899. The van der Waals surface area contributed by atoms with Gasteiger partial charge in [-0.2, -0.15) is 9.78 Å². The summed E-state index contributed by atoms with van der Waals surface area (Å²) in [5, 5.41) is 5.34. The molecule has 0 atom stereocenters. The number of hydrogen-bond acceptors (Lipinski definition) is 3. The van der Waals surface area contributed by atoms with E-state index in [9.17, 15) is 4.79 Å². The van der Waals surface area contributed by atoms with Crippen LogP contribution in [0, 0.1) is 6.92 Å². The van der Waals surface area contributed by atoms with Crippen molar-refractivity contribution in [2.24, 2.45) is 5.10 Å². The number of halogens is 1. The fourth-order valence-electron chi connectivity index (χ4n) is 2.07. The monoisotopic (exact) mass is 297 g/mol. The first kappa shape index (κ1) is 13.5. The fraction of sp³-hybridized carbons (Fsp3) is 0.0625. The lowest BCUT2D eigenvalue weighted by Crippen LogP contribution is -2.20. The van der Waals surface area contributed by atoms with E-state index in [1.807, 2.05) is 36.4 Å². The Labute approximate surface area is 126 Å². The average Bonchev–Trinajstić information content (AvgIpc) is 2.49. The minimum atomic E-state index is -0.193. The number of aromatic nitrogens is 2. The van der Waals surface area contributed by atoms with Gasteiger partial charge in [0.1, 0.15) is 5.82 Å². The number of para-hydroxylation sites is 1. The molecule has 0 N–H and O–H groups in total. The van der Waals surface area contributed by atoms with E-state index in [0.29, 0.717) is 21.7 Å². The van der Waals surface area contributed by atoms with Gasteiger partial charge in [0.2, 0.25) is 0 Å². The van der Waals surface area contributed by atoms with Crippen LogP contribution in [-0.2, 0) is 0 Å². The summed E-state index contributed by atoms with van der Waals surface area (Å²) in [5.41, 5.74) is 1.23.